The fourth-order valence-electron chi connectivity index (χ4n) is 3.86. The van der Waals surface area contributed by atoms with Crippen LogP contribution in [-0.2, 0) is 0 Å². The van der Waals surface area contributed by atoms with Crippen LogP contribution in [0.5, 0.6) is 0 Å². The van der Waals surface area contributed by atoms with Crippen LogP contribution < -0.4 is 0 Å². The topological polar surface area (TPSA) is 49.3 Å². The molecule has 22 heavy (non-hydrogen) atoms. The molecule has 0 unspecified atom stereocenters. The van der Waals surface area contributed by atoms with Crippen LogP contribution in [0.1, 0.15) is 37.0 Å². The van der Waals surface area contributed by atoms with Crippen molar-refractivity contribution in [1.29, 1.82) is 0 Å². The molecule has 0 aromatic carbocycles. The third-order valence-electron chi connectivity index (χ3n) is 4.93. The Morgan fingerprint density at radius 1 is 1.18 bits per heavy atom. The molecule has 3 heterocycles. The fourth-order valence-corrected chi connectivity index (χ4v) is 3.86. The van der Waals surface area contributed by atoms with Crippen LogP contribution in [0.4, 0.5) is 0 Å². The quantitative estimate of drug-likeness (QED) is 0.856. The second kappa shape index (κ2) is 6.73. The number of aromatic nitrogens is 2. The molecule has 2 fully saturated rings. The van der Waals surface area contributed by atoms with Gasteiger partial charge in [0, 0.05) is 32.0 Å². The molecule has 1 aromatic rings. The van der Waals surface area contributed by atoms with E-state index < -0.39 is 0 Å². The smallest absolute Gasteiger partial charge is 0.257 e. The van der Waals surface area contributed by atoms with Gasteiger partial charge in [-0.3, -0.25) is 4.79 Å². The number of carbonyl (C=O) groups is 1. The highest BCUT2D eigenvalue weighted by atomic mass is 16.2. The molecule has 5 heteroatoms. The van der Waals surface area contributed by atoms with Crippen LogP contribution in [0, 0.1) is 17.8 Å². The minimum Gasteiger partial charge on any atom is -0.338 e. The maximum atomic E-state index is 12.5. The predicted octanol–water partition coefficient (Wildman–Crippen LogP) is 1.92. The number of rotatable bonds is 3. The summed E-state index contributed by atoms with van der Waals surface area (Å²) < 4.78 is 0. The van der Waals surface area contributed by atoms with E-state index in [4.69, 9.17) is 0 Å². The first-order chi connectivity index (χ1) is 10.6. The van der Waals surface area contributed by atoms with Crippen LogP contribution in [0.2, 0.25) is 0 Å². The zero-order valence-electron chi connectivity index (χ0n) is 13.6. The zero-order valence-corrected chi connectivity index (χ0v) is 13.6. The van der Waals surface area contributed by atoms with E-state index in [-0.39, 0.29) is 5.91 Å². The molecular formula is C17H26N4O. The number of fused-ring (bicyclic) bond motifs is 1. The average molecular weight is 302 g/mol. The highest BCUT2D eigenvalue weighted by molar-refractivity contribution is 5.93. The van der Waals surface area contributed by atoms with Crippen LogP contribution in [0.25, 0.3) is 0 Å². The molecule has 0 saturated carbocycles. The number of likely N-dealkylation sites (tertiary alicyclic amines) is 2. The number of amides is 1. The van der Waals surface area contributed by atoms with Crippen molar-refractivity contribution in [1.82, 2.24) is 19.8 Å². The maximum absolute atomic E-state index is 12.5. The number of hydrogen-bond donors (Lipinski definition) is 0. The van der Waals surface area contributed by atoms with Gasteiger partial charge in [-0.05, 0) is 43.7 Å². The SMILES string of the molecule is CC(C)CN1CC[C@@H]2CN(C(=O)c3cncnc3)C[C@@H]2CC1. The van der Waals surface area contributed by atoms with Gasteiger partial charge in [0.2, 0.25) is 0 Å². The van der Waals surface area contributed by atoms with Crippen molar-refractivity contribution in [3.05, 3.63) is 24.3 Å². The predicted molar refractivity (Wildman–Crippen MR) is 85.4 cm³/mol. The summed E-state index contributed by atoms with van der Waals surface area (Å²) in [4.78, 5) is 25.0. The van der Waals surface area contributed by atoms with E-state index in [1.807, 2.05) is 4.90 Å². The van der Waals surface area contributed by atoms with Gasteiger partial charge in [0.1, 0.15) is 6.33 Å². The Kier molecular flexibility index (Phi) is 4.71. The summed E-state index contributed by atoms with van der Waals surface area (Å²) in [6, 6.07) is 0. The van der Waals surface area contributed by atoms with Gasteiger partial charge in [-0.25, -0.2) is 9.97 Å². The molecular weight excluding hydrogens is 276 g/mol. The van der Waals surface area contributed by atoms with Crippen molar-refractivity contribution in [2.45, 2.75) is 26.7 Å². The molecule has 0 radical (unpaired) electrons. The second-order valence-electron chi connectivity index (χ2n) is 7.13. The van der Waals surface area contributed by atoms with Gasteiger partial charge < -0.3 is 9.80 Å². The van der Waals surface area contributed by atoms with Gasteiger partial charge in [-0.2, -0.15) is 0 Å². The Morgan fingerprint density at radius 2 is 1.77 bits per heavy atom. The van der Waals surface area contributed by atoms with E-state index in [0.29, 0.717) is 17.4 Å². The largest absolute Gasteiger partial charge is 0.338 e. The van der Waals surface area contributed by atoms with Crippen molar-refractivity contribution < 1.29 is 4.79 Å². The number of nitrogens with zero attached hydrogens (tertiary/aromatic N) is 4. The third kappa shape index (κ3) is 3.46. The van der Waals surface area contributed by atoms with Crippen LogP contribution in [0.15, 0.2) is 18.7 Å². The van der Waals surface area contributed by atoms with Gasteiger partial charge in [-0.1, -0.05) is 13.8 Å². The van der Waals surface area contributed by atoms with E-state index in [1.54, 1.807) is 12.4 Å². The summed E-state index contributed by atoms with van der Waals surface area (Å²) in [5, 5.41) is 0. The Morgan fingerprint density at radius 3 is 2.32 bits per heavy atom. The summed E-state index contributed by atoms with van der Waals surface area (Å²) in [7, 11) is 0. The standard InChI is InChI=1S/C17H26N4O/c1-13(2)9-20-5-3-14-10-21(11-15(14)4-6-20)17(22)16-7-18-12-19-8-16/h7-8,12-15H,3-6,9-11H2,1-2H3/t14-,15+. The van der Waals surface area contributed by atoms with Crippen molar-refractivity contribution in [2.75, 3.05) is 32.7 Å². The Bertz CT molecular complexity index is 489. The molecule has 0 spiro atoms. The number of carbonyl (C=O) groups excluding carboxylic acids is 1. The molecule has 120 valence electrons. The molecule has 2 atom stereocenters. The first-order valence-corrected chi connectivity index (χ1v) is 8.40. The van der Waals surface area contributed by atoms with Gasteiger partial charge in [0.15, 0.2) is 0 Å². The maximum Gasteiger partial charge on any atom is 0.257 e. The van der Waals surface area contributed by atoms with Crippen molar-refractivity contribution in [3.63, 3.8) is 0 Å². The van der Waals surface area contributed by atoms with Crippen LogP contribution in [-0.4, -0.2) is 58.4 Å². The molecule has 0 N–H and O–H groups in total. The Balaban J connectivity index is 1.59. The average Bonchev–Trinajstić information content (AvgIpc) is 2.84. The molecule has 0 bridgehead atoms. The van der Waals surface area contributed by atoms with Gasteiger partial charge in [-0.15, -0.1) is 0 Å². The molecule has 1 aromatic heterocycles. The van der Waals surface area contributed by atoms with Crippen molar-refractivity contribution >= 4 is 5.91 Å². The lowest BCUT2D eigenvalue weighted by Crippen LogP contribution is -2.32. The molecule has 1 amide bonds. The molecule has 5 nitrogen and oxygen atoms in total. The minimum atomic E-state index is 0.0905. The van der Waals surface area contributed by atoms with Gasteiger partial charge in [0.05, 0.1) is 5.56 Å². The van der Waals surface area contributed by atoms with E-state index in [2.05, 4.69) is 28.7 Å². The van der Waals surface area contributed by atoms with E-state index >= 15 is 0 Å². The first kappa shape index (κ1) is 15.4. The summed E-state index contributed by atoms with van der Waals surface area (Å²) in [5.74, 6) is 2.14. The zero-order chi connectivity index (χ0) is 15.5. The summed E-state index contributed by atoms with van der Waals surface area (Å²) in [6.07, 6.45) is 7.13. The van der Waals surface area contributed by atoms with Crippen LogP contribution in [0.3, 0.4) is 0 Å². The van der Waals surface area contributed by atoms with Crippen molar-refractivity contribution in [3.8, 4) is 0 Å². The van der Waals surface area contributed by atoms with Crippen LogP contribution >= 0.6 is 0 Å². The lowest BCUT2D eigenvalue weighted by Gasteiger charge is -2.23. The fraction of sp³-hybridized carbons (Fsp3) is 0.706. The minimum absolute atomic E-state index is 0.0905. The highest BCUT2D eigenvalue weighted by Crippen LogP contribution is 2.32. The van der Waals surface area contributed by atoms with E-state index in [0.717, 1.165) is 19.0 Å². The summed E-state index contributed by atoms with van der Waals surface area (Å²) in [6.45, 7) is 9.92. The molecule has 2 aliphatic rings. The van der Waals surface area contributed by atoms with Gasteiger partial charge >= 0.3 is 0 Å². The molecule has 2 aliphatic heterocycles. The lowest BCUT2D eigenvalue weighted by atomic mass is 9.92. The van der Waals surface area contributed by atoms with Gasteiger partial charge in [0.25, 0.3) is 5.91 Å². The number of hydrogen-bond acceptors (Lipinski definition) is 4. The van der Waals surface area contributed by atoms with E-state index in [9.17, 15) is 4.79 Å². The van der Waals surface area contributed by atoms with Crippen molar-refractivity contribution in [2.24, 2.45) is 17.8 Å². The second-order valence-corrected chi connectivity index (χ2v) is 7.13. The Hall–Kier alpha value is -1.49. The normalized spacial score (nSPS) is 26.0. The summed E-state index contributed by atoms with van der Waals surface area (Å²) in [5.41, 5.74) is 0.611. The molecule has 2 saturated heterocycles. The third-order valence-corrected chi connectivity index (χ3v) is 4.93. The van der Waals surface area contributed by atoms with E-state index in [1.165, 1.54) is 38.8 Å². The first-order valence-electron chi connectivity index (χ1n) is 8.40. The molecule has 3 rings (SSSR count). The lowest BCUT2D eigenvalue weighted by molar-refractivity contribution is 0.0779. The highest BCUT2D eigenvalue weighted by Gasteiger charge is 2.37. The summed E-state index contributed by atoms with van der Waals surface area (Å²) >= 11 is 0. The molecule has 0 aliphatic carbocycles. The monoisotopic (exact) mass is 302 g/mol. The Labute approximate surface area is 132 Å².